The molecule has 2 aliphatic rings. The molecule has 156 valence electrons. The van der Waals surface area contributed by atoms with Crippen molar-refractivity contribution in [2.75, 3.05) is 13.2 Å². The maximum Gasteiger partial charge on any atom is 0.407 e. The number of β-lactam (4-membered cyclic amide) rings is 1. The van der Waals surface area contributed by atoms with Gasteiger partial charge in [0.1, 0.15) is 6.61 Å². The van der Waals surface area contributed by atoms with Gasteiger partial charge >= 0.3 is 6.09 Å². The van der Waals surface area contributed by atoms with Gasteiger partial charge in [-0.15, -0.1) is 0 Å². The van der Waals surface area contributed by atoms with E-state index in [2.05, 4.69) is 57.9 Å². The molecule has 5 nitrogen and oxygen atoms in total. The van der Waals surface area contributed by atoms with Gasteiger partial charge in [-0.2, -0.15) is 0 Å². The number of carbonyl (C=O) groups excluding carboxylic acids is 2. The van der Waals surface area contributed by atoms with Crippen molar-refractivity contribution in [1.29, 1.82) is 0 Å². The Labute approximate surface area is 177 Å². The second kappa shape index (κ2) is 12.1. The fraction of sp³-hybridized carbons (Fsp3) is 0.200. The van der Waals surface area contributed by atoms with Crippen molar-refractivity contribution in [2.24, 2.45) is 0 Å². The number of carbonyl (C=O) groups is 2. The van der Waals surface area contributed by atoms with Gasteiger partial charge in [0.25, 0.3) is 0 Å². The summed E-state index contributed by atoms with van der Waals surface area (Å²) in [5.74, 6) is 0.137. The Morgan fingerprint density at radius 1 is 0.867 bits per heavy atom. The monoisotopic (exact) mass is 404 g/mol. The molecule has 5 rings (SSSR count). The Kier molecular flexibility index (Phi) is 9.13. The smallest absolute Gasteiger partial charge is 0.407 e. The van der Waals surface area contributed by atoms with E-state index in [0.717, 1.165) is 0 Å². The van der Waals surface area contributed by atoms with E-state index in [1.54, 1.807) is 0 Å². The summed E-state index contributed by atoms with van der Waals surface area (Å²) in [5.41, 5.74) is 1.20. The Morgan fingerprint density at radius 2 is 1.50 bits per heavy atom. The molecule has 5 heteroatoms. The van der Waals surface area contributed by atoms with Gasteiger partial charge in [-0.05, 0) is 16.3 Å². The molecule has 2 heterocycles. The molecule has 3 aromatic rings. The first-order chi connectivity index (χ1) is 14.2. The lowest BCUT2D eigenvalue weighted by Crippen LogP contribution is -2.46. The van der Waals surface area contributed by atoms with Crippen LogP contribution in [0.2, 0.25) is 0 Å². The number of cyclic esters (lactones) is 1. The Bertz CT molecular complexity index is 922. The van der Waals surface area contributed by atoms with E-state index in [1.807, 2.05) is 48.5 Å². The predicted molar refractivity (Wildman–Crippen MR) is 122 cm³/mol. The maximum atomic E-state index is 10.8. The summed E-state index contributed by atoms with van der Waals surface area (Å²) in [5, 5.41) is 7.78. The number of rotatable bonds is 2. The number of hydrogen-bond donors (Lipinski definition) is 2. The fourth-order valence-corrected chi connectivity index (χ4v) is 2.85. The molecule has 2 aliphatic heterocycles. The van der Waals surface area contributed by atoms with E-state index in [4.69, 9.17) is 0 Å². The van der Waals surface area contributed by atoms with E-state index in [9.17, 15) is 9.59 Å². The average molecular weight is 405 g/mol. The van der Waals surface area contributed by atoms with Gasteiger partial charge in [0.2, 0.25) is 5.91 Å². The summed E-state index contributed by atoms with van der Waals surface area (Å²) >= 11 is 0. The van der Waals surface area contributed by atoms with Gasteiger partial charge in [-0.3, -0.25) is 4.79 Å². The third-order valence-corrected chi connectivity index (χ3v) is 4.35. The van der Waals surface area contributed by atoms with Gasteiger partial charge < -0.3 is 15.4 Å². The molecule has 2 fully saturated rings. The molecule has 2 saturated heterocycles. The minimum absolute atomic E-state index is 0. The van der Waals surface area contributed by atoms with Crippen LogP contribution >= 0.6 is 0 Å². The summed E-state index contributed by atoms with van der Waals surface area (Å²) < 4.78 is 4.40. The number of amides is 2. The minimum atomic E-state index is -0.296. The van der Waals surface area contributed by atoms with E-state index in [1.165, 1.54) is 16.3 Å². The fourth-order valence-electron chi connectivity index (χ4n) is 2.85. The lowest BCUT2D eigenvalue weighted by atomic mass is 10.0. The second-order valence-electron chi connectivity index (χ2n) is 6.52. The molecule has 30 heavy (non-hydrogen) atoms. The van der Waals surface area contributed by atoms with Crippen molar-refractivity contribution in [3.8, 4) is 0 Å². The second-order valence-corrected chi connectivity index (χ2v) is 6.52. The van der Waals surface area contributed by atoms with Crippen molar-refractivity contribution in [3.63, 3.8) is 0 Å². The molecule has 0 aromatic heterocycles. The standard InChI is InChI=1S/C15H13NO.C6H6.C3H5NO2.CH4/c17-15-10-13(16-15)9-8-12-6-3-5-11-4-1-2-7-14(11)12;1-2-4-6-5-3-1;5-3-4-1-2-6-3;/h1-9,13H,10H2,(H,16,17);1-6H;1-2H2,(H,4,5);1H4/b9-8+;;;. The normalized spacial score (nSPS) is 16.5. The quantitative estimate of drug-likeness (QED) is 0.604. The molecule has 0 aliphatic carbocycles. The number of benzene rings is 3. The van der Waals surface area contributed by atoms with E-state index in [0.29, 0.717) is 19.6 Å². The van der Waals surface area contributed by atoms with Gasteiger partial charge in [0.05, 0.1) is 19.0 Å². The van der Waals surface area contributed by atoms with Crippen LogP contribution in [0.5, 0.6) is 0 Å². The molecular weight excluding hydrogens is 376 g/mol. The summed E-state index contributed by atoms with van der Waals surface area (Å²) in [7, 11) is 0. The van der Waals surface area contributed by atoms with E-state index < -0.39 is 0 Å². The number of nitrogens with one attached hydrogen (secondary N) is 2. The number of hydrogen-bond acceptors (Lipinski definition) is 3. The largest absolute Gasteiger partial charge is 0.448 e. The lowest BCUT2D eigenvalue weighted by Gasteiger charge is -2.23. The molecule has 1 atom stereocenters. The third kappa shape index (κ3) is 7.09. The number of alkyl carbamates (subject to hydrolysis) is 1. The zero-order valence-electron chi connectivity index (χ0n) is 16.1. The van der Waals surface area contributed by atoms with Crippen LogP contribution in [-0.2, 0) is 9.53 Å². The Hall–Kier alpha value is -3.60. The van der Waals surface area contributed by atoms with Gasteiger partial charge in [0.15, 0.2) is 0 Å². The molecule has 0 bridgehead atoms. The highest BCUT2D eigenvalue weighted by atomic mass is 16.6. The third-order valence-electron chi connectivity index (χ3n) is 4.35. The number of fused-ring (bicyclic) bond motifs is 1. The molecular formula is C25H28N2O3. The van der Waals surface area contributed by atoms with Crippen molar-refractivity contribution in [1.82, 2.24) is 10.6 Å². The topological polar surface area (TPSA) is 67.4 Å². The predicted octanol–water partition coefficient (Wildman–Crippen LogP) is 4.79. The zero-order chi connectivity index (χ0) is 20.3. The van der Waals surface area contributed by atoms with Crippen LogP contribution in [0, 0.1) is 0 Å². The van der Waals surface area contributed by atoms with Crippen LogP contribution in [0.1, 0.15) is 19.4 Å². The molecule has 1 unspecified atom stereocenters. The average Bonchev–Trinajstić information content (AvgIpc) is 3.23. The summed E-state index contributed by atoms with van der Waals surface area (Å²) in [4.78, 5) is 20.7. The minimum Gasteiger partial charge on any atom is -0.448 e. The first kappa shape index (κ1) is 22.7. The Balaban J connectivity index is 0.000000203. The van der Waals surface area contributed by atoms with Crippen LogP contribution in [0.3, 0.4) is 0 Å². The van der Waals surface area contributed by atoms with E-state index >= 15 is 0 Å². The summed E-state index contributed by atoms with van der Waals surface area (Å²) in [6.45, 7) is 1.19. The van der Waals surface area contributed by atoms with Gasteiger partial charge in [-0.25, -0.2) is 4.79 Å². The first-order valence-electron chi connectivity index (χ1n) is 9.58. The maximum absolute atomic E-state index is 10.8. The van der Waals surface area contributed by atoms with E-state index in [-0.39, 0.29) is 25.5 Å². The molecule has 0 radical (unpaired) electrons. The van der Waals surface area contributed by atoms with Crippen LogP contribution < -0.4 is 10.6 Å². The van der Waals surface area contributed by atoms with Crippen molar-refractivity contribution in [3.05, 3.63) is 90.5 Å². The molecule has 2 amide bonds. The van der Waals surface area contributed by atoms with Crippen molar-refractivity contribution >= 4 is 28.8 Å². The van der Waals surface area contributed by atoms with Crippen LogP contribution in [0.15, 0.2) is 84.9 Å². The molecule has 2 N–H and O–H groups in total. The molecule has 0 saturated carbocycles. The molecule has 3 aromatic carbocycles. The number of ether oxygens (including phenoxy) is 1. The highest BCUT2D eigenvalue weighted by Gasteiger charge is 2.21. The van der Waals surface area contributed by atoms with Crippen molar-refractivity contribution < 1.29 is 14.3 Å². The summed E-state index contributed by atoms with van der Waals surface area (Å²) in [6.07, 6.45) is 4.46. The van der Waals surface area contributed by atoms with Crippen LogP contribution in [0.25, 0.3) is 16.8 Å². The first-order valence-corrected chi connectivity index (χ1v) is 9.58. The summed E-state index contributed by atoms with van der Waals surface area (Å²) in [6, 6.07) is 26.8. The highest BCUT2D eigenvalue weighted by Crippen LogP contribution is 2.20. The lowest BCUT2D eigenvalue weighted by molar-refractivity contribution is -0.127. The van der Waals surface area contributed by atoms with Crippen LogP contribution in [0.4, 0.5) is 4.79 Å². The van der Waals surface area contributed by atoms with Gasteiger partial charge in [0, 0.05) is 0 Å². The molecule has 0 spiro atoms. The van der Waals surface area contributed by atoms with Crippen molar-refractivity contribution in [2.45, 2.75) is 19.9 Å². The zero-order valence-corrected chi connectivity index (χ0v) is 16.1. The van der Waals surface area contributed by atoms with Gasteiger partial charge in [-0.1, -0.05) is 98.4 Å². The Morgan fingerprint density at radius 3 is 2.03 bits per heavy atom. The van der Waals surface area contributed by atoms with Crippen LogP contribution in [-0.4, -0.2) is 31.2 Å². The highest BCUT2D eigenvalue weighted by molar-refractivity contribution is 5.91. The SMILES string of the molecule is C.O=C1CC(/C=C/c2cccc3ccccc23)N1.O=C1NCCO1.c1ccccc1.